The lowest BCUT2D eigenvalue weighted by Crippen LogP contribution is -2.45. The van der Waals surface area contributed by atoms with Crippen LogP contribution in [0.25, 0.3) is 0 Å². The molecule has 1 unspecified atom stereocenters. The fraction of sp³-hybridized carbons (Fsp3) is 0.474. The third-order valence-electron chi connectivity index (χ3n) is 5.34. The van der Waals surface area contributed by atoms with Crippen molar-refractivity contribution in [3.8, 4) is 0 Å². The van der Waals surface area contributed by atoms with Gasteiger partial charge >= 0.3 is 0 Å². The second-order valence-corrected chi connectivity index (χ2v) is 7.87. The Morgan fingerprint density at radius 2 is 2.00 bits per heavy atom. The summed E-state index contributed by atoms with van der Waals surface area (Å²) in [5.41, 5.74) is 3.07. The molecule has 0 spiro atoms. The topological polar surface area (TPSA) is 52.2 Å². The van der Waals surface area contributed by atoms with Crippen molar-refractivity contribution < 1.29 is 4.79 Å². The summed E-state index contributed by atoms with van der Waals surface area (Å²) in [5, 5.41) is 0.993. The van der Waals surface area contributed by atoms with E-state index in [1.807, 2.05) is 11.0 Å². The predicted octanol–water partition coefficient (Wildman–Crippen LogP) is 3.48. The number of H-pyrrole nitrogens is 1. The van der Waals surface area contributed by atoms with E-state index < -0.39 is 0 Å². The first-order valence-corrected chi connectivity index (χ1v) is 9.85. The van der Waals surface area contributed by atoms with Crippen LogP contribution >= 0.6 is 23.2 Å². The minimum absolute atomic E-state index is 0.0124. The van der Waals surface area contributed by atoms with Crippen LogP contribution < -0.4 is 0 Å². The van der Waals surface area contributed by atoms with E-state index in [4.69, 9.17) is 23.2 Å². The molecule has 1 aromatic carbocycles. The molecule has 0 bridgehead atoms. The first kappa shape index (κ1) is 17.8. The molecule has 0 saturated carbocycles. The number of aromatic nitrogens is 2. The predicted molar refractivity (Wildman–Crippen MR) is 103 cm³/mol. The number of fused-ring (bicyclic) bond motifs is 1. The highest BCUT2D eigenvalue weighted by atomic mass is 35.5. The van der Waals surface area contributed by atoms with Crippen molar-refractivity contribution in [2.75, 3.05) is 26.2 Å². The summed E-state index contributed by atoms with van der Waals surface area (Å²) in [5.74, 6) is 0.112. The zero-order chi connectivity index (χ0) is 18.1. The Labute approximate surface area is 163 Å². The third-order valence-corrected chi connectivity index (χ3v) is 6.07. The molecule has 7 heteroatoms. The van der Waals surface area contributed by atoms with Gasteiger partial charge in [-0.3, -0.25) is 4.79 Å². The van der Waals surface area contributed by atoms with Crippen molar-refractivity contribution in [2.24, 2.45) is 0 Å². The molecule has 2 aromatic rings. The van der Waals surface area contributed by atoms with Gasteiger partial charge < -0.3 is 14.8 Å². The summed E-state index contributed by atoms with van der Waals surface area (Å²) in [6.07, 6.45) is 5.36. The highest BCUT2D eigenvalue weighted by Gasteiger charge is 2.34. The molecule has 2 aliphatic heterocycles. The van der Waals surface area contributed by atoms with Crippen LogP contribution in [0.2, 0.25) is 10.0 Å². The maximum Gasteiger partial charge on any atom is 0.227 e. The van der Waals surface area contributed by atoms with Crippen molar-refractivity contribution in [2.45, 2.75) is 31.7 Å². The number of hydrogen-bond donors (Lipinski definition) is 1. The van der Waals surface area contributed by atoms with E-state index in [9.17, 15) is 4.79 Å². The van der Waals surface area contributed by atoms with Crippen LogP contribution in [0.15, 0.2) is 24.5 Å². The van der Waals surface area contributed by atoms with Crippen LogP contribution in [0.5, 0.6) is 0 Å². The second-order valence-electron chi connectivity index (χ2n) is 7.05. The summed E-state index contributed by atoms with van der Waals surface area (Å²) in [6.45, 7) is 3.77. The molecule has 0 aliphatic carbocycles. The largest absolute Gasteiger partial charge is 0.348 e. The summed E-state index contributed by atoms with van der Waals surface area (Å²) >= 11 is 12.1. The molecule has 26 heavy (non-hydrogen) atoms. The van der Waals surface area contributed by atoms with Gasteiger partial charge in [-0.05, 0) is 43.6 Å². The van der Waals surface area contributed by atoms with Gasteiger partial charge in [0.1, 0.15) is 0 Å². The van der Waals surface area contributed by atoms with E-state index in [0.717, 1.165) is 43.0 Å². The average molecular weight is 393 g/mol. The van der Waals surface area contributed by atoms with Gasteiger partial charge in [-0.1, -0.05) is 29.3 Å². The molecule has 138 valence electrons. The molecular weight excluding hydrogens is 371 g/mol. The standard InChI is InChI=1S/C19H22Cl2N4O/c20-14-4-3-13(9-15(14)21)10-18(26)25-8-5-16-19(23-12-22-16)17(25)11-24-6-1-2-7-24/h3-4,9,12,17H,1-2,5-8,10-11H2,(H,22,23). The molecule has 1 N–H and O–H groups in total. The van der Waals surface area contributed by atoms with Crippen LogP contribution in [0, 0.1) is 0 Å². The Hall–Kier alpha value is -1.56. The maximum absolute atomic E-state index is 13.1. The molecule has 4 rings (SSSR count). The molecule has 0 radical (unpaired) electrons. The number of carbonyl (C=O) groups is 1. The molecule has 2 aliphatic rings. The van der Waals surface area contributed by atoms with Crippen molar-refractivity contribution in [1.29, 1.82) is 0 Å². The Balaban J connectivity index is 1.54. The highest BCUT2D eigenvalue weighted by molar-refractivity contribution is 6.42. The van der Waals surface area contributed by atoms with Gasteiger partial charge in [0.15, 0.2) is 0 Å². The molecule has 1 aromatic heterocycles. The highest BCUT2D eigenvalue weighted by Crippen LogP contribution is 2.30. The lowest BCUT2D eigenvalue weighted by atomic mass is 10.0. The van der Waals surface area contributed by atoms with Gasteiger partial charge in [0.2, 0.25) is 5.91 Å². The quantitative estimate of drug-likeness (QED) is 0.866. The third kappa shape index (κ3) is 3.61. The van der Waals surface area contributed by atoms with E-state index in [-0.39, 0.29) is 11.9 Å². The number of rotatable bonds is 4. The number of hydrogen-bond acceptors (Lipinski definition) is 3. The van der Waals surface area contributed by atoms with Crippen molar-refractivity contribution in [3.63, 3.8) is 0 Å². The number of nitrogens with zero attached hydrogens (tertiary/aromatic N) is 3. The van der Waals surface area contributed by atoms with Crippen molar-refractivity contribution in [1.82, 2.24) is 19.8 Å². The van der Waals surface area contributed by atoms with Crippen LogP contribution in [-0.4, -0.2) is 51.9 Å². The number of halogens is 2. The fourth-order valence-electron chi connectivity index (χ4n) is 3.97. The SMILES string of the molecule is O=C(Cc1ccc(Cl)c(Cl)c1)N1CCc2[nH]cnc2C1CN1CCCC1. The Kier molecular flexibility index (Phi) is 5.20. The molecule has 1 amide bonds. The van der Waals surface area contributed by atoms with E-state index >= 15 is 0 Å². The lowest BCUT2D eigenvalue weighted by molar-refractivity contribution is -0.134. The number of aromatic amines is 1. The number of carbonyl (C=O) groups excluding carboxylic acids is 1. The number of amides is 1. The zero-order valence-electron chi connectivity index (χ0n) is 14.5. The van der Waals surface area contributed by atoms with Gasteiger partial charge in [-0.25, -0.2) is 4.98 Å². The minimum Gasteiger partial charge on any atom is -0.348 e. The monoisotopic (exact) mass is 392 g/mol. The van der Waals surface area contributed by atoms with Crippen LogP contribution in [-0.2, 0) is 17.6 Å². The maximum atomic E-state index is 13.1. The lowest BCUT2D eigenvalue weighted by Gasteiger charge is -2.37. The first-order valence-electron chi connectivity index (χ1n) is 9.09. The number of nitrogens with one attached hydrogen (secondary N) is 1. The Bertz CT molecular complexity index is 801. The smallest absolute Gasteiger partial charge is 0.227 e. The van der Waals surface area contributed by atoms with E-state index in [2.05, 4.69) is 14.9 Å². The summed E-state index contributed by atoms with van der Waals surface area (Å²) < 4.78 is 0. The normalized spacial score (nSPS) is 20.4. The van der Waals surface area contributed by atoms with Crippen LogP contribution in [0.1, 0.15) is 35.8 Å². The van der Waals surface area contributed by atoms with Crippen molar-refractivity contribution in [3.05, 3.63) is 51.5 Å². The second kappa shape index (κ2) is 7.59. The Morgan fingerprint density at radius 1 is 1.19 bits per heavy atom. The fourth-order valence-corrected chi connectivity index (χ4v) is 4.29. The van der Waals surface area contributed by atoms with E-state index in [0.29, 0.717) is 23.0 Å². The summed E-state index contributed by atoms with van der Waals surface area (Å²) in [7, 11) is 0. The summed E-state index contributed by atoms with van der Waals surface area (Å²) in [6, 6.07) is 5.40. The first-order chi connectivity index (χ1) is 12.6. The average Bonchev–Trinajstić information content (AvgIpc) is 3.29. The van der Waals surface area contributed by atoms with Crippen LogP contribution in [0.4, 0.5) is 0 Å². The van der Waals surface area contributed by atoms with Crippen LogP contribution in [0.3, 0.4) is 0 Å². The van der Waals surface area contributed by atoms with Gasteiger partial charge in [-0.15, -0.1) is 0 Å². The molecule has 1 atom stereocenters. The van der Waals surface area contributed by atoms with Gasteiger partial charge in [0, 0.05) is 25.2 Å². The van der Waals surface area contributed by atoms with E-state index in [1.54, 1.807) is 18.5 Å². The van der Waals surface area contributed by atoms with E-state index in [1.165, 1.54) is 12.8 Å². The number of imidazole rings is 1. The van der Waals surface area contributed by atoms with Gasteiger partial charge in [-0.2, -0.15) is 0 Å². The summed E-state index contributed by atoms with van der Waals surface area (Å²) in [4.78, 5) is 25.3. The molecule has 1 fully saturated rings. The number of likely N-dealkylation sites (tertiary alicyclic amines) is 1. The Morgan fingerprint density at radius 3 is 2.77 bits per heavy atom. The molecule has 5 nitrogen and oxygen atoms in total. The number of benzene rings is 1. The minimum atomic E-state index is 0.0124. The van der Waals surface area contributed by atoms with Gasteiger partial charge in [0.25, 0.3) is 0 Å². The molecular formula is C19H22Cl2N4O. The molecule has 1 saturated heterocycles. The zero-order valence-corrected chi connectivity index (χ0v) is 16.1. The van der Waals surface area contributed by atoms with Gasteiger partial charge in [0.05, 0.1) is 34.5 Å². The molecule has 3 heterocycles. The van der Waals surface area contributed by atoms with Crippen molar-refractivity contribution >= 4 is 29.1 Å².